The number of aryl methyl sites for hydroxylation is 2. The minimum atomic E-state index is 0.206. The van der Waals surface area contributed by atoms with Gasteiger partial charge in [-0.2, -0.15) is 0 Å². The summed E-state index contributed by atoms with van der Waals surface area (Å²) in [7, 11) is 0. The first-order chi connectivity index (χ1) is 14.5. The van der Waals surface area contributed by atoms with Gasteiger partial charge < -0.3 is 4.90 Å². The fraction of sp³-hybridized carbons (Fsp3) is 0.636. The average molecular weight is 444 g/mol. The van der Waals surface area contributed by atoms with E-state index in [1.165, 1.54) is 46.9 Å². The van der Waals surface area contributed by atoms with E-state index in [-0.39, 0.29) is 11.8 Å². The number of aromatic nitrogens is 4. The summed E-state index contributed by atoms with van der Waals surface area (Å²) in [6, 6.07) is 0.340. The summed E-state index contributed by atoms with van der Waals surface area (Å²) in [5.74, 6) is 1.85. The van der Waals surface area contributed by atoms with E-state index < -0.39 is 0 Å². The summed E-state index contributed by atoms with van der Waals surface area (Å²) >= 11 is 3.33. The highest BCUT2D eigenvalue weighted by Gasteiger charge is 2.26. The minimum Gasteiger partial charge on any atom is -0.339 e. The Morgan fingerprint density at radius 2 is 2.03 bits per heavy atom. The number of thiophene rings is 1. The number of carbonyl (C=O) groups excluding carboxylic acids is 1. The van der Waals surface area contributed by atoms with Gasteiger partial charge in [-0.1, -0.05) is 25.6 Å². The van der Waals surface area contributed by atoms with Gasteiger partial charge >= 0.3 is 0 Å². The molecule has 0 radical (unpaired) electrons. The molecule has 0 bridgehead atoms. The molecule has 0 spiro atoms. The Labute approximate surface area is 185 Å². The van der Waals surface area contributed by atoms with Gasteiger partial charge in [-0.25, -0.2) is 4.98 Å². The van der Waals surface area contributed by atoms with Gasteiger partial charge in [0, 0.05) is 23.4 Å². The number of piperidine rings is 1. The topological polar surface area (TPSA) is 63.4 Å². The maximum Gasteiger partial charge on any atom is 0.233 e. The molecular weight excluding hydrogens is 414 g/mol. The molecule has 6 nitrogen and oxygen atoms in total. The van der Waals surface area contributed by atoms with Crippen molar-refractivity contribution in [2.45, 2.75) is 82.8 Å². The number of hydrogen-bond donors (Lipinski definition) is 0. The number of hydrogen-bond acceptors (Lipinski definition) is 6. The van der Waals surface area contributed by atoms with E-state index in [0.29, 0.717) is 11.8 Å². The molecule has 30 heavy (non-hydrogen) atoms. The molecule has 5 rings (SSSR count). The van der Waals surface area contributed by atoms with Crippen LogP contribution >= 0.6 is 23.1 Å². The second kappa shape index (κ2) is 8.11. The van der Waals surface area contributed by atoms with Gasteiger partial charge in [0.15, 0.2) is 10.8 Å². The molecule has 8 heteroatoms. The number of rotatable bonds is 4. The van der Waals surface area contributed by atoms with E-state index in [9.17, 15) is 4.79 Å². The van der Waals surface area contributed by atoms with Crippen LogP contribution in [0.1, 0.15) is 75.1 Å². The van der Waals surface area contributed by atoms with Crippen LogP contribution in [0.3, 0.4) is 0 Å². The fourth-order valence-electron chi connectivity index (χ4n) is 4.81. The maximum absolute atomic E-state index is 12.9. The molecule has 1 atom stereocenters. The predicted molar refractivity (Wildman–Crippen MR) is 123 cm³/mol. The highest BCUT2D eigenvalue weighted by molar-refractivity contribution is 7.99. The molecule has 1 aliphatic heterocycles. The molecule has 4 heterocycles. The Kier molecular flexibility index (Phi) is 5.47. The Hall–Kier alpha value is -1.67. The molecule has 160 valence electrons. The van der Waals surface area contributed by atoms with Gasteiger partial charge in [-0.05, 0) is 57.4 Å². The van der Waals surface area contributed by atoms with Crippen molar-refractivity contribution in [1.82, 2.24) is 24.5 Å². The number of fused-ring (bicyclic) bond motifs is 5. The second-order valence-corrected chi connectivity index (χ2v) is 10.9. The van der Waals surface area contributed by atoms with Crippen LogP contribution in [0.25, 0.3) is 15.9 Å². The molecule has 1 unspecified atom stereocenters. The van der Waals surface area contributed by atoms with Crippen LogP contribution < -0.4 is 0 Å². The van der Waals surface area contributed by atoms with Crippen molar-refractivity contribution in [3.05, 3.63) is 16.3 Å². The normalized spacial score (nSPS) is 19.7. The lowest BCUT2D eigenvalue weighted by Gasteiger charge is -2.33. The third-order valence-electron chi connectivity index (χ3n) is 6.42. The lowest BCUT2D eigenvalue weighted by Crippen LogP contribution is -2.42. The Morgan fingerprint density at radius 1 is 1.20 bits per heavy atom. The van der Waals surface area contributed by atoms with Crippen LogP contribution in [0, 0.1) is 0 Å². The molecule has 1 amide bonds. The molecule has 2 aliphatic rings. The summed E-state index contributed by atoms with van der Waals surface area (Å²) in [5.41, 5.74) is 2.35. The van der Waals surface area contributed by atoms with Crippen molar-refractivity contribution < 1.29 is 4.79 Å². The molecule has 1 aliphatic carbocycles. The van der Waals surface area contributed by atoms with Gasteiger partial charge in [-0.15, -0.1) is 21.5 Å². The van der Waals surface area contributed by atoms with Crippen molar-refractivity contribution in [1.29, 1.82) is 0 Å². The first-order valence-electron chi connectivity index (χ1n) is 11.2. The SMILES string of the molecule is CC(C)c1nc2sc3c(c2c2nnc(SCC(=O)N4CCCCC4C)n12)CCCC3. The largest absolute Gasteiger partial charge is 0.339 e. The molecular formula is C22H29N5OS2. The van der Waals surface area contributed by atoms with Gasteiger partial charge in [0.1, 0.15) is 10.7 Å². The molecule has 1 saturated heterocycles. The molecule has 1 fully saturated rings. The molecule has 0 N–H and O–H groups in total. The molecule has 3 aromatic heterocycles. The van der Waals surface area contributed by atoms with Crippen LogP contribution in [0.2, 0.25) is 0 Å². The van der Waals surface area contributed by atoms with Gasteiger partial charge in [0.2, 0.25) is 5.91 Å². The monoisotopic (exact) mass is 443 g/mol. The lowest BCUT2D eigenvalue weighted by atomic mass is 9.97. The highest BCUT2D eigenvalue weighted by Crippen LogP contribution is 2.39. The zero-order valence-corrected chi connectivity index (χ0v) is 19.6. The first kappa shape index (κ1) is 20.2. The van der Waals surface area contributed by atoms with Gasteiger partial charge in [0.05, 0.1) is 11.1 Å². The lowest BCUT2D eigenvalue weighted by molar-refractivity contribution is -0.131. The van der Waals surface area contributed by atoms with E-state index in [1.807, 2.05) is 16.2 Å². The number of carbonyl (C=O) groups is 1. The summed E-state index contributed by atoms with van der Waals surface area (Å²) < 4.78 is 2.12. The molecule has 3 aromatic rings. The van der Waals surface area contributed by atoms with E-state index in [4.69, 9.17) is 4.98 Å². The van der Waals surface area contributed by atoms with E-state index >= 15 is 0 Å². The maximum atomic E-state index is 12.9. The fourth-order valence-corrected chi connectivity index (χ4v) is 6.90. The van der Waals surface area contributed by atoms with E-state index in [1.54, 1.807) is 0 Å². The molecule has 0 saturated carbocycles. The van der Waals surface area contributed by atoms with Crippen molar-refractivity contribution in [2.75, 3.05) is 12.3 Å². The number of likely N-dealkylation sites (tertiary alicyclic amines) is 1. The van der Waals surface area contributed by atoms with Gasteiger partial charge in [-0.3, -0.25) is 9.20 Å². The van der Waals surface area contributed by atoms with Crippen molar-refractivity contribution >= 4 is 44.9 Å². The van der Waals surface area contributed by atoms with Crippen LogP contribution in [-0.4, -0.2) is 48.7 Å². The standard InChI is InChI=1S/C22H29N5OS2/c1-13(2)19-23-21-18(15-9-4-5-10-16(15)30-21)20-24-25-22(27(19)20)29-12-17(28)26-11-7-6-8-14(26)3/h13-14H,4-12H2,1-3H3. The van der Waals surface area contributed by atoms with Crippen LogP contribution in [0.4, 0.5) is 0 Å². The van der Waals surface area contributed by atoms with E-state index in [0.717, 1.165) is 53.7 Å². The summed E-state index contributed by atoms with van der Waals surface area (Å²) in [6.07, 6.45) is 8.18. The molecule has 0 aromatic carbocycles. The number of amides is 1. The van der Waals surface area contributed by atoms with Crippen LogP contribution in [0.5, 0.6) is 0 Å². The highest BCUT2D eigenvalue weighted by atomic mass is 32.2. The zero-order chi connectivity index (χ0) is 20.8. The number of nitrogens with zero attached hydrogens (tertiary/aromatic N) is 5. The van der Waals surface area contributed by atoms with Gasteiger partial charge in [0.25, 0.3) is 0 Å². The van der Waals surface area contributed by atoms with Crippen LogP contribution in [-0.2, 0) is 17.6 Å². The van der Waals surface area contributed by atoms with Crippen molar-refractivity contribution in [3.63, 3.8) is 0 Å². The third-order valence-corrected chi connectivity index (χ3v) is 8.52. The van der Waals surface area contributed by atoms with Crippen LogP contribution in [0.15, 0.2) is 5.16 Å². The summed E-state index contributed by atoms with van der Waals surface area (Å²) in [6.45, 7) is 7.36. The second-order valence-electron chi connectivity index (χ2n) is 8.88. The first-order valence-corrected chi connectivity index (χ1v) is 13.0. The number of thioether (sulfide) groups is 1. The quantitative estimate of drug-likeness (QED) is 0.540. The average Bonchev–Trinajstić information content (AvgIpc) is 3.32. The summed E-state index contributed by atoms with van der Waals surface area (Å²) in [5, 5.41) is 11.1. The smallest absolute Gasteiger partial charge is 0.233 e. The Balaban J connectivity index is 1.52. The predicted octanol–water partition coefficient (Wildman–Crippen LogP) is 4.83. The minimum absolute atomic E-state index is 0.206. The summed E-state index contributed by atoms with van der Waals surface area (Å²) in [4.78, 5) is 22.5. The Bertz CT molecular complexity index is 1100. The van der Waals surface area contributed by atoms with Crippen molar-refractivity contribution in [3.8, 4) is 0 Å². The van der Waals surface area contributed by atoms with E-state index in [2.05, 4.69) is 35.4 Å². The third kappa shape index (κ3) is 3.42. The van der Waals surface area contributed by atoms with Crippen molar-refractivity contribution in [2.24, 2.45) is 0 Å². The zero-order valence-electron chi connectivity index (χ0n) is 18.0. The Morgan fingerprint density at radius 3 is 2.83 bits per heavy atom.